The normalized spacial score (nSPS) is 22.6. The minimum Gasteiger partial charge on any atom is -0.478 e. The van der Waals surface area contributed by atoms with Gasteiger partial charge in [-0.2, -0.15) is 0 Å². The van der Waals surface area contributed by atoms with Crippen molar-refractivity contribution in [2.45, 2.75) is 33.2 Å². The lowest BCUT2D eigenvalue weighted by Gasteiger charge is -2.34. The number of likely N-dealkylation sites (tertiary alicyclic amines) is 1. The summed E-state index contributed by atoms with van der Waals surface area (Å²) in [6.07, 6.45) is 2.52. The predicted molar refractivity (Wildman–Crippen MR) is 89.1 cm³/mol. The molecule has 0 spiro atoms. The molecule has 1 saturated heterocycles. The maximum absolute atomic E-state index is 10.8. The molecule has 2 unspecified atom stereocenters. The van der Waals surface area contributed by atoms with E-state index in [0.717, 1.165) is 36.9 Å². The van der Waals surface area contributed by atoms with Gasteiger partial charge in [0.2, 0.25) is 0 Å². The minimum atomic E-state index is -0.871. The van der Waals surface area contributed by atoms with Crippen LogP contribution in [0.1, 0.15) is 42.6 Å². The number of nitrogens with one attached hydrogen (secondary N) is 1. The third kappa shape index (κ3) is 5.43. The largest absolute Gasteiger partial charge is 0.478 e. The fourth-order valence-corrected chi connectivity index (χ4v) is 3.40. The summed E-state index contributed by atoms with van der Waals surface area (Å²) in [4.78, 5) is 13.4. The standard InChI is InChI=1S/C18H28N2O2/c1-14-10-15(2)13-20(12-14)9-3-8-19-11-16-4-6-17(7-5-16)18(21)22/h4-7,14-15,19H,3,8-13H2,1-2H3,(H,21,22). The summed E-state index contributed by atoms with van der Waals surface area (Å²) < 4.78 is 0. The number of piperidine rings is 1. The average molecular weight is 304 g/mol. The van der Waals surface area contributed by atoms with Crippen molar-refractivity contribution in [3.63, 3.8) is 0 Å². The number of hydrogen-bond acceptors (Lipinski definition) is 3. The molecule has 0 amide bonds. The highest BCUT2D eigenvalue weighted by atomic mass is 16.4. The van der Waals surface area contributed by atoms with Crippen molar-refractivity contribution in [2.24, 2.45) is 11.8 Å². The van der Waals surface area contributed by atoms with E-state index in [9.17, 15) is 4.79 Å². The van der Waals surface area contributed by atoms with E-state index in [-0.39, 0.29) is 0 Å². The van der Waals surface area contributed by atoms with Crippen LogP contribution in [0.3, 0.4) is 0 Å². The molecule has 1 aromatic carbocycles. The zero-order chi connectivity index (χ0) is 15.9. The van der Waals surface area contributed by atoms with Crippen LogP contribution in [0, 0.1) is 11.8 Å². The van der Waals surface area contributed by atoms with Gasteiger partial charge in [-0.15, -0.1) is 0 Å². The second kappa shape index (κ2) is 8.30. The molecule has 122 valence electrons. The maximum Gasteiger partial charge on any atom is 0.335 e. The van der Waals surface area contributed by atoms with E-state index < -0.39 is 5.97 Å². The molecule has 1 aromatic rings. The Labute approximate surface area is 133 Å². The van der Waals surface area contributed by atoms with Gasteiger partial charge in [0.1, 0.15) is 0 Å². The van der Waals surface area contributed by atoms with Gasteiger partial charge in [0, 0.05) is 19.6 Å². The molecule has 1 fully saturated rings. The van der Waals surface area contributed by atoms with Gasteiger partial charge in [-0.1, -0.05) is 26.0 Å². The molecule has 0 aromatic heterocycles. The van der Waals surface area contributed by atoms with Crippen molar-refractivity contribution in [3.05, 3.63) is 35.4 Å². The molecule has 0 bridgehead atoms. The molecule has 2 rings (SSSR count). The van der Waals surface area contributed by atoms with Crippen molar-refractivity contribution in [2.75, 3.05) is 26.2 Å². The van der Waals surface area contributed by atoms with Gasteiger partial charge in [-0.25, -0.2) is 4.79 Å². The number of carboxylic acids is 1. The fraction of sp³-hybridized carbons (Fsp3) is 0.611. The van der Waals surface area contributed by atoms with Crippen LogP contribution in [0.15, 0.2) is 24.3 Å². The smallest absolute Gasteiger partial charge is 0.335 e. The van der Waals surface area contributed by atoms with Crippen LogP contribution in [0.2, 0.25) is 0 Å². The molecule has 22 heavy (non-hydrogen) atoms. The van der Waals surface area contributed by atoms with E-state index in [4.69, 9.17) is 5.11 Å². The Kier molecular flexibility index (Phi) is 6.40. The Morgan fingerprint density at radius 2 is 1.86 bits per heavy atom. The monoisotopic (exact) mass is 304 g/mol. The van der Waals surface area contributed by atoms with Gasteiger partial charge >= 0.3 is 5.97 Å². The summed E-state index contributed by atoms with van der Waals surface area (Å²) in [5.41, 5.74) is 1.47. The van der Waals surface area contributed by atoms with Gasteiger partial charge in [-0.3, -0.25) is 0 Å². The van der Waals surface area contributed by atoms with E-state index in [1.165, 1.54) is 26.1 Å². The third-order valence-corrected chi connectivity index (χ3v) is 4.30. The van der Waals surface area contributed by atoms with Gasteiger partial charge < -0.3 is 15.3 Å². The lowest BCUT2D eigenvalue weighted by Crippen LogP contribution is -2.39. The highest BCUT2D eigenvalue weighted by Crippen LogP contribution is 2.20. The number of benzene rings is 1. The molecule has 0 aliphatic carbocycles. The molecule has 2 N–H and O–H groups in total. The van der Waals surface area contributed by atoms with Crippen LogP contribution in [0.5, 0.6) is 0 Å². The first-order chi connectivity index (χ1) is 10.5. The van der Waals surface area contributed by atoms with E-state index in [2.05, 4.69) is 24.1 Å². The SMILES string of the molecule is CC1CC(C)CN(CCCNCc2ccc(C(=O)O)cc2)C1. The van der Waals surface area contributed by atoms with Crippen LogP contribution in [0.4, 0.5) is 0 Å². The summed E-state index contributed by atoms with van der Waals surface area (Å²) in [6, 6.07) is 7.08. The third-order valence-electron chi connectivity index (χ3n) is 4.30. The Morgan fingerprint density at radius 1 is 1.23 bits per heavy atom. The van der Waals surface area contributed by atoms with Crippen LogP contribution in [0.25, 0.3) is 0 Å². The van der Waals surface area contributed by atoms with Gasteiger partial charge in [-0.05, 0) is 55.5 Å². The molecule has 1 aliphatic heterocycles. The number of nitrogens with zero attached hydrogens (tertiary/aromatic N) is 1. The Bertz CT molecular complexity index is 462. The Morgan fingerprint density at radius 3 is 2.45 bits per heavy atom. The maximum atomic E-state index is 10.8. The van der Waals surface area contributed by atoms with Gasteiger partial charge in [0.05, 0.1) is 5.56 Å². The van der Waals surface area contributed by atoms with E-state index >= 15 is 0 Å². The first-order valence-electron chi connectivity index (χ1n) is 8.30. The predicted octanol–water partition coefficient (Wildman–Crippen LogP) is 2.84. The van der Waals surface area contributed by atoms with Crippen LogP contribution in [-0.4, -0.2) is 42.2 Å². The highest BCUT2D eigenvalue weighted by Gasteiger charge is 2.20. The van der Waals surface area contributed by atoms with Gasteiger partial charge in [0.15, 0.2) is 0 Å². The van der Waals surface area contributed by atoms with Crippen LogP contribution in [-0.2, 0) is 6.54 Å². The van der Waals surface area contributed by atoms with E-state index in [1.807, 2.05) is 12.1 Å². The average Bonchev–Trinajstić information content (AvgIpc) is 2.46. The topological polar surface area (TPSA) is 52.6 Å². The Hall–Kier alpha value is -1.39. The molecular formula is C18H28N2O2. The molecule has 2 atom stereocenters. The number of carbonyl (C=O) groups is 1. The zero-order valence-corrected chi connectivity index (χ0v) is 13.7. The van der Waals surface area contributed by atoms with Crippen molar-refractivity contribution in [1.29, 1.82) is 0 Å². The first-order valence-corrected chi connectivity index (χ1v) is 8.30. The van der Waals surface area contributed by atoms with E-state index in [1.54, 1.807) is 12.1 Å². The zero-order valence-electron chi connectivity index (χ0n) is 13.7. The van der Waals surface area contributed by atoms with Crippen molar-refractivity contribution < 1.29 is 9.90 Å². The molecule has 1 aliphatic rings. The summed E-state index contributed by atoms with van der Waals surface area (Å²) in [5, 5.41) is 12.3. The quantitative estimate of drug-likeness (QED) is 0.761. The molecular weight excluding hydrogens is 276 g/mol. The summed E-state index contributed by atoms with van der Waals surface area (Å²) in [6.45, 7) is 10.1. The van der Waals surface area contributed by atoms with Crippen molar-refractivity contribution >= 4 is 5.97 Å². The number of aromatic carboxylic acids is 1. The molecule has 0 saturated carbocycles. The van der Waals surface area contributed by atoms with Crippen molar-refractivity contribution in [3.8, 4) is 0 Å². The molecule has 4 nitrogen and oxygen atoms in total. The summed E-state index contributed by atoms with van der Waals surface area (Å²) >= 11 is 0. The second-order valence-corrected chi connectivity index (χ2v) is 6.74. The van der Waals surface area contributed by atoms with Crippen molar-refractivity contribution in [1.82, 2.24) is 10.2 Å². The minimum absolute atomic E-state index is 0.345. The van der Waals surface area contributed by atoms with E-state index in [0.29, 0.717) is 5.56 Å². The second-order valence-electron chi connectivity index (χ2n) is 6.74. The molecule has 1 heterocycles. The summed E-state index contributed by atoms with van der Waals surface area (Å²) in [5.74, 6) is 0.776. The lowest BCUT2D eigenvalue weighted by molar-refractivity contribution is 0.0697. The highest BCUT2D eigenvalue weighted by molar-refractivity contribution is 5.87. The lowest BCUT2D eigenvalue weighted by atomic mass is 9.92. The fourth-order valence-electron chi connectivity index (χ4n) is 3.40. The molecule has 0 radical (unpaired) electrons. The Balaban J connectivity index is 1.62. The summed E-state index contributed by atoms with van der Waals surface area (Å²) in [7, 11) is 0. The number of carboxylic acid groups (broad SMARTS) is 1. The first kappa shape index (κ1) is 17.0. The van der Waals surface area contributed by atoms with Crippen LogP contribution < -0.4 is 5.32 Å². The number of rotatable bonds is 7. The molecule has 4 heteroatoms. The number of hydrogen-bond donors (Lipinski definition) is 2. The van der Waals surface area contributed by atoms with Crippen LogP contribution >= 0.6 is 0 Å². The van der Waals surface area contributed by atoms with Gasteiger partial charge in [0.25, 0.3) is 0 Å².